The first kappa shape index (κ1) is 20.3. The summed E-state index contributed by atoms with van der Waals surface area (Å²) in [6.45, 7) is 1.68. The zero-order chi connectivity index (χ0) is 21.1. The number of nitrogens with zero attached hydrogens (tertiary/aromatic N) is 1. The number of halogens is 1. The predicted octanol–water partition coefficient (Wildman–Crippen LogP) is 4.77. The van der Waals surface area contributed by atoms with Crippen LogP contribution in [0.15, 0.2) is 54.6 Å². The molecule has 30 heavy (non-hydrogen) atoms. The first-order valence-electron chi connectivity index (χ1n) is 10.6. The second-order valence-electron chi connectivity index (χ2n) is 8.32. The molecular formula is C25H27FN2O2. The standard InChI is InChI=1S/C25H27FN2O2/c1-18-12-13-21(16-22(18)26)28-23(29)17-25(28,15-14-19-8-4-2-5-9-19)24(30)27-20-10-6-3-7-11-20/h2,4-5,8-9,12-16,20H,3,6-7,10-11,17H2,1H3,(H,27,30)/b15-14+/t25-/m1/s1. The molecule has 1 saturated carbocycles. The van der Waals surface area contributed by atoms with E-state index in [1.54, 1.807) is 25.1 Å². The molecule has 0 aromatic heterocycles. The Labute approximate surface area is 176 Å². The number of rotatable bonds is 5. The first-order chi connectivity index (χ1) is 14.5. The maximum atomic E-state index is 14.2. The molecule has 0 radical (unpaired) electrons. The number of carbonyl (C=O) groups is 2. The van der Waals surface area contributed by atoms with Gasteiger partial charge in [0.2, 0.25) is 5.91 Å². The molecule has 2 aromatic rings. The van der Waals surface area contributed by atoms with E-state index in [-0.39, 0.29) is 30.1 Å². The minimum absolute atomic E-state index is 0.0738. The van der Waals surface area contributed by atoms with Crippen molar-refractivity contribution in [3.05, 3.63) is 71.6 Å². The lowest BCUT2D eigenvalue weighted by atomic mass is 9.80. The first-order valence-corrected chi connectivity index (χ1v) is 10.6. The lowest BCUT2D eigenvalue weighted by Gasteiger charge is -2.49. The molecule has 1 heterocycles. The molecule has 4 rings (SSSR count). The molecule has 2 fully saturated rings. The molecule has 4 nitrogen and oxygen atoms in total. The van der Waals surface area contributed by atoms with Gasteiger partial charge in [0, 0.05) is 11.7 Å². The van der Waals surface area contributed by atoms with E-state index in [0.29, 0.717) is 11.3 Å². The predicted molar refractivity (Wildman–Crippen MR) is 116 cm³/mol. The number of amides is 2. The fourth-order valence-electron chi connectivity index (χ4n) is 4.36. The van der Waals surface area contributed by atoms with Crippen LogP contribution in [0.2, 0.25) is 0 Å². The third-order valence-corrected chi connectivity index (χ3v) is 6.17. The molecule has 156 valence electrons. The molecule has 0 unspecified atom stereocenters. The van der Waals surface area contributed by atoms with Crippen molar-refractivity contribution in [2.24, 2.45) is 0 Å². The van der Waals surface area contributed by atoms with Gasteiger partial charge in [-0.25, -0.2) is 4.39 Å². The molecule has 5 heteroatoms. The van der Waals surface area contributed by atoms with Gasteiger partial charge in [-0.15, -0.1) is 0 Å². The minimum atomic E-state index is -1.15. The number of benzene rings is 2. The van der Waals surface area contributed by atoms with Gasteiger partial charge in [0.1, 0.15) is 5.82 Å². The maximum absolute atomic E-state index is 14.2. The van der Waals surface area contributed by atoms with Crippen LogP contribution in [0, 0.1) is 12.7 Å². The molecule has 1 atom stereocenters. The summed E-state index contributed by atoms with van der Waals surface area (Å²) in [6, 6.07) is 14.5. The lowest BCUT2D eigenvalue weighted by Crippen LogP contribution is -2.70. The van der Waals surface area contributed by atoms with E-state index in [1.807, 2.05) is 36.4 Å². The van der Waals surface area contributed by atoms with E-state index in [2.05, 4.69) is 5.32 Å². The normalized spacial score (nSPS) is 22.2. The van der Waals surface area contributed by atoms with Crippen molar-refractivity contribution in [2.75, 3.05) is 4.90 Å². The number of anilines is 1. The number of hydrogen-bond acceptors (Lipinski definition) is 2. The van der Waals surface area contributed by atoms with Gasteiger partial charge in [-0.05, 0) is 49.1 Å². The molecule has 2 amide bonds. The van der Waals surface area contributed by atoms with Crippen molar-refractivity contribution < 1.29 is 14.0 Å². The maximum Gasteiger partial charge on any atom is 0.251 e. The summed E-state index contributed by atoms with van der Waals surface area (Å²) >= 11 is 0. The van der Waals surface area contributed by atoms with Crippen LogP contribution in [0.1, 0.15) is 49.7 Å². The van der Waals surface area contributed by atoms with E-state index in [0.717, 1.165) is 31.2 Å². The quantitative estimate of drug-likeness (QED) is 0.727. The highest BCUT2D eigenvalue weighted by Crippen LogP contribution is 2.40. The molecule has 1 N–H and O–H groups in total. The van der Waals surface area contributed by atoms with Crippen molar-refractivity contribution in [1.82, 2.24) is 5.32 Å². The topological polar surface area (TPSA) is 49.4 Å². The van der Waals surface area contributed by atoms with Crippen LogP contribution in [-0.2, 0) is 9.59 Å². The Balaban J connectivity index is 1.68. The fourth-order valence-corrected chi connectivity index (χ4v) is 4.36. The van der Waals surface area contributed by atoms with Crippen molar-refractivity contribution in [1.29, 1.82) is 0 Å². The molecule has 1 saturated heterocycles. The molecule has 2 aliphatic rings. The summed E-state index contributed by atoms with van der Waals surface area (Å²) in [5.74, 6) is -0.766. The summed E-state index contributed by atoms with van der Waals surface area (Å²) in [5.41, 5.74) is 0.706. The highest BCUT2D eigenvalue weighted by Gasteiger charge is 2.56. The number of nitrogens with one attached hydrogen (secondary N) is 1. The van der Waals surface area contributed by atoms with Crippen LogP contribution in [-0.4, -0.2) is 23.4 Å². The highest BCUT2D eigenvalue weighted by molar-refractivity contribution is 6.15. The highest BCUT2D eigenvalue weighted by atomic mass is 19.1. The van der Waals surface area contributed by atoms with Gasteiger partial charge in [0.05, 0.1) is 6.42 Å². The summed E-state index contributed by atoms with van der Waals surface area (Å²) in [4.78, 5) is 27.5. The van der Waals surface area contributed by atoms with Gasteiger partial charge >= 0.3 is 0 Å². The molecule has 1 aliphatic carbocycles. The zero-order valence-electron chi connectivity index (χ0n) is 17.2. The SMILES string of the molecule is Cc1ccc(N2C(=O)C[C@]2(/C=C/c2ccccc2)C(=O)NC2CCCCC2)cc1F. The van der Waals surface area contributed by atoms with E-state index >= 15 is 0 Å². The van der Waals surface area contributed by atoms with E-state index in [1.165, 1.54) is 17.4 Å². The van der Waals surface area contributed by atoms with Gasteiger partial charge in [0.25, 0.3) is 5.91 Å². The van der Waals surface area contributed by atoms with Gasteiger partial charge in [-0.1, -0.05) is 61.7 Å². The van der Waals surface area contributed by atoms with Crippen molar-refractivity contribution in [2.45, 2.75) is 57.0 Å². The van der Waals surface area contributed by atoms with E-state index in [9.17, 15) is 14.0 Å². The monoisotopic (exact) mass is 406 g/mol. The van der Waals surface area contributed by atoms with Gasteiger partial charge in [-0.2, -0.15) is 0 Å². The van der Waals surface area contributed by atoms with Crippen molar-refractivity contribution >= 4 is 23.6 Å². The number of β-lactam (4-membered cyclic amide) rings is 1. The van der Waals surface area contributed by atoms with Gasteiger partial charge in [0.15, 0.2) is 5.54 Å². The Morgan fingerprint density at radius 1 is 1.13 bits per heavy atom. The van der Waals surface area contributed by atoms with Crippen LogP contribution in [0.5, 0.6) is 0 Å². The van der Waals surface area contributed by atoms with Crippen LogP contribution in [0.4, 0.5) is 10.1 Å². The smallest absolute Gasteiger partial charge is 0.251 e. The van der Waals surface area contributed by atoms with Crippen molar-refractivity contribution in [3.63, 3.8) is 0 Å². The Hall–Kier alpha value is -2.95. The fraction of sp³-hybridized carbons (Fsp3) is 0.360. The van der Waals surface area contributed by atoms with E-state index in [4.69, 9.17) is 0 Å². The molecule has 0 spiro atoms. The summed E-state index contributed by atoms with van der Waals surface area (Å²) in [7, 11) is 0. The van der Waals surface area contributed by atoms with Crippen LogP contribution >= 0.6 is 0 Å². The molecule has 1 aliphatic heterocycles. The minimum Gasteiger partial charge on any atom is -0.351 e. The Morgan fingerprint density at radius 2 is 1.87 bits per heavy atom. The summed E-state index contributed by atoms with van der Waals surface area (Å²) in [6.07, 6.45) is 9.04. The third-order valence-electron chi connectivity index (χ3n) is 6.17. The summed E-state index contributed by atoms with van der Waals surface area (Å²) in [5, 5.41) is 3.17. The van der Waals surface area contributed by atoms with E-state index < -0.39 is 5.54 Å². The average molecular weight is 407 g/mol. The van der Waals surface area contributed by atoms with Crippen molar-refractivity contribution in [3.8, 4) is 0 Å². The third kappa shape index (κ3) is 3.89. The Morgan fingerprint density at radius 3 is 2.53 bits per heavy atom. The number of hydrogen-bond donors (Lipinski definition) is 1. The Bertz CT molecular complexity index is 966. The lowest BCUT2D eigenvalue weighted by molar-refractivity contribution is -0.137. The number of carbonyl (C=O) groups excluding carboxylic acids is 2. The average Bonchev–Trinajstić information content (AvgIpc) is 2.75. The molecule has 2 aromatic carbocycles. The zero-order valence-corrected chi connectivity index (χ0v) is 17.2. The Kier molecular flexibility index (Phi) is 5.71. The van der Waals surface area contributed by atoms with Gasteiger partial charge < -0.3 is 5.32 Å². The van der Waals surface area contributed by atoms with Crippen LogP contribution in [0.25, 0.3) is 6.08 Å². The second-order valence-corrected chi connectivity index (χ2v) is 8.32. The second kappa shape index (κ2) is 8.42. The largest absolute Gasteiger partial charge is 0.351 e. The van der Waals surface area contributed by atoms with Crippen LogP contribution in [0.3, 0.4) is 0 Å². The summed E-state index contributed by atoms with van der Waals surface area (Å²) < 4.78 is 14.2. The van der Waals surface area contributed by atoms with Crippen LogP contribution < -0.4 is 10.2 Å². The molecular weight excluding hydrogens is 379 g/mol. The number of aryl methyl sites for hydroxylation is 1. The van der Waals surface area contributed by atoms with Gasteiger partial charge in [-0.3, -0.25) is 14.5 Å². The molecule has 0 bridgehead atoms.